The Morgan fingerprint density at radius 3 is 2.32 bits per heavy atom. The second-order valence-corrected chi connectivity index (χ2v) is 7.14. The van der Waals surface area contributed by atoms with Crippen LogP contribution in [0.15, 0.2) is 12.1 Å². The van der Waals surface area contributed by atoms with Crippen LogP contribution in [0.1, 0.15) is 39.0 Å². The van der Waals surface area contributed by atoms with E-state index in [1.165, 1.54) is 19.3 Å². The van der Waals surface area contributed by atoms with Gasteiger partial charge in [-0.15, -0.1) is 0 Å². The summed E-state index contributed by atoms with van der Waals surface area (Å²) in [4.78, 5) is 0. The summed E-state index contributed by atoms with van der Waals surface area (Å²) in [5.74, 6) is 1.06. The molecule has 5 heteroatoms. The highest BCUT2D eigenvalue weighted by Crippen LogP contribution is 2.31. The average Bonchev–Trinajstić information content (AvgIpc) is 2.37. The lowest BCUT2D eigenvalue weighted by atomic mass is 9.98. The van der Waals surface area contributed by atoms with Gasteiger partial charge in [0.25, 0.3) is 0 Å². The molecule has 1 unspecified atom stereocenters. The molecule has 0 aliphatic heterocycles. The Bertz CT molecular complexity index is 408. The second-order valence-electron chi connectivity index (χ2n) is 4.82. The minimum Gasteiger partial charge on any atom is -0.506 e. The maximum Gasteiger partial charge on any atom is 0.197 e. The van der Waals surface area contributed by atoms with E-state index in [1.807, 2.05) is 19.1 Å². The lowest BCUT2D eigenvalue weighted by Crippen LogP contribution is -2.26. The van der Waals surface area contributed by atoms with Gasteiger partial charge in [0.2, 0.25) is 0 Å². The van der Waals surface area contributed by atoms with Gasteiger partial charge in [-0.3, -0.25) is 0 Å². The van der Waals surface area contributed by atoms with E-state index < -0.39 is 0 Å². The number of halogens is 2. The Hall–Kier alpha value is 0.240. The third kappa shape index (κ3) is 4.63. The highest BCUT2D eigenvalue weighted by molar-refractivity contribution is 14.1. The first-order valence-electron chi connectivity index (χ1n) is 6.56. The molecule has 106 valence electrons. The van der Waals surface area contributed by atoms with Gasteiger partial charge in [0.1, 0.15) is 11.5 Å². The molecule has 0 aromatic heterocycles. The van der Waals surface area contributed by atoms with Crippen molar-refractivity contribution in [3.63, 3.8) is 0 Å². The lowest BCUT2D eigenvalue weighted by molar-refractivity contribution is -0.117. The molecule has 0 radical (unpaired) electrons. The normalized spacial score (nSPS) is 18.3. The molecule has 1 fully saturated rings. The van der Waals surface area contributed by atoms with Gasteiger partial charge in [0, 0.05) is 0 Å². The van der Waals surface area contributed by atoms with Crippen LogP contribution in [0, 0.1) is 7.14 Å². The van der Waals surface area contributed by atoms with Crippen molar-refractivity contribution in [3.05, 3.63) is 19.3 Å². The van der Waals surface area contributed by atoms with Crippen LogP contribution in [-0.4, -0.2) is 17.5 Å². The Balaban J connectivity index is 1.92. The molecule has 3 nitrogen and oxygen atoms in total. The van der Waals surface area contributed by atoms with Crippen molar-refractivity contribution in [3.8, 4) is 11.5 Å². The van der Waals surface area contributed by atoms with Gasteiger partial charge in [-0.25, -0.2) is 0 Å². The molecule has 0 amide bonds. The van der Waals surface area contributed by atoms with Crippen LogP contribution in [0.5, 0.6) is 11.5 Å². The first-order valence-corrected chi connectivity index (χ1v) is 8.72. The third-order valence-electron chi connectivity index (χ3n) is 3.23. The summed E-state index contributed by atoms with van der Waals surface area (Å²) in [6, 6.07) is 3.66. The summed E-state index contributed by atoms with van der Waals surface area (Å²) in [7, 11) is 0. The highest BCUT2D eigenvalue weighted by atomic mass is 127. The fraction of sp³-hybridized carbons (Fsp3) is 0.571. The first-order chi connectivity index (χ1) is 9.06. The molecule has 19 heavy (non-hydrogen) atoms. The summed E-state index contributed by atoms with van der Waals surface area (Å²) in [6.07, 6.45) is 6.19. The third-order valence-corrected chi connectivity index (χ3v) is 4.87. The van der Waals surface area contributed by atoms with E-state index >= 15 is 0 Å². The molecule has 1 aromatic rings. The van der Waals surface area contributed by atoms with Crippen molar-refractivity contribution in [1.29, 1.82) is 0 Å². The Morgan fingerprint density at radius 2 is 1.74 bits per heavy atom. The molecule has 1 aromatic carbocycles. The van der Waals surface area contributed by atoms with Crippen LogP contribution in [0.3, 0.4) is 0 Å². The largest absolute Gasteiger partial charge is 0.506 e. The smallest absolute Gasteiger partial charge is 0.197 e. The number of phenolic OH excluding ortho intramolecular Hbond substituents is 1. The molecule has 1 N–H and O–H groups in total. The number of phenols is 1. The molecule has 1 atom stereocenters. The van der Waals surface area contributed by atoms with E-state index in [9.17, 15) is 5.11 Å². The van der Waals surface area contributed by atoms with Crippen molar-refractivity contribution in [1.82, 2.24) is 0 Å². The SMILES string of the molecule is CC(Oc1cc(I)c(O)c(I)c1)OC1CCCCC1. The molecular formula is C14H18I2O3. The summed E-state index contributed by atoms with van der Waals surface area (Å²) in [5, 5.41) is 9.72. The molecular weight excluding hydrogens is 470 g/mol. The molecule has 1 aliphatic rings. The molecule has 2 rings (SSSR count). The van der Waals surface area contributed by atoms with Crippen LogP contribution in [0.2, 0.25) is 0 Å². The molecule has 1 aliphatic carbocycles. The van der Waals surface area contributed by atoms with Gasteiger partial charge in [-0.1, -0.05) is 19.3 Å². The number of hydrogen-bond donors (Lipinski definition) is 1. The monoisotopic (exact) mass is 488 g/mol. The summed E-state index contributed by atoms with van der Waals surface area (Å²) in [5.41, 5.74) is 0. The Labute approximate surface area is 141 Å². The van der Waals surface area contributed by atoms with Gasteiger partial charge in [-0.2, -0.15) is 0 Å². The van der Waals surface area contributed by atoms with E-state index in [0.29, 0.717) is 11.9 Å². The fourth-order valence-electron chi connectivity index (χ4n) is 2.30. The summed E-state index contributed by atoms with van der Waals surface area (Å²) in [6.45, 7) is 1.93. The number of aromatic hydroxyl groups is 1. The maximum atomic E-state index is 9.72. The molecule has 1 saturated carbocycles. The zero-order chi connectivity index (χ0) is 13.8. The number of ether oxygens (including phenoxy) is 2. The number of rotatable bonds is 4. The summed E-state index contributed by atoms with van der Waals surface area (Å²) >= 11 is 4.20. The van der Waals surface area contributed by atoms with Gasteiger partial charge >= 0.3 is 0 Å². The molecule has 0 bridgehead atoms. The maximum absolute atomic E-state index is 9.72. The van der Waals surface area contributed by atoms with Gasteiger partial charge in [0.15, 0.2) is 6.29 Å². The van der Waals surface area contributed by atoms with Crippen LogP contribution in [0.4, 0.5) is 0 Å². The molecule has 0 spiro atoms. The van der Waals surface area contributed by atoms with E-state index in [4.69, 9.17) is 9.47 Å². The Kier molecular flexibility index (Phi) is 6.01. The quantitative estimate of drug-likeness (QED) is 0.495. The average molecular weight is 488 g/mol. The fourth-order valence-corrected chi connectivity index (χ4v) is 4.01. The van der Waals surface area contributed by atoms with E-state index in [0.717, 1.165) is 25.7 Å². The highest BCUT2D eigenvalue weighted by Gasteiger charge is 2.18. The van der Waals surface area contributed by atoms with E-state index in [-0.39, 0.29) is 6.29 Å². The zero-order valence-corrected chi connectivity index (χ0v) is 15.2. The minimum atomic E-state index is -0.251. The minimum absolute atomic E-state index is 0.251. The van der Waals surface area contributed by atoms with E-state index in [2.05, 4.69) is 45.2 Å². The molecule has 0 saturated heterocycles. The van der Waals surface area contributed by atoms with Gasteiger partial charge in [0.05, 0.1) is 13.2 Å². The predicted octanol–water partition coefficient (Wildman–Crippen LogP) is 4.68. The topological polar surface area (TPSA) is 38.7 Å². The standard InChI is InChI=1S/C14H18I2O3/c1-9(18-10-5-3-2-4-6-10)19-11-7-12(15)14(17)13(16)8-11/h7-10,17H,2-6H2,1H3. The van der Waals surface area contributed by atoms with Crippen molar-refractivity contribution >= 4 is 45.2 Å². The second kappa shape index (κ2) is 7.31. The predicted molar refractivity (Wildman–Crippen MR) is 91.6 cm³/mol. The molecule has 0 heterocycles. The zero-order valence-electron chi connectivity index (χ0n) is 10.9. The van der Waals surface area contributed by atoms with Crippen LogP contribution < -0.4 is 4.74 Å². The van der Waals surface area contributed by atoms with Crippen molar-refractivity contribution in [2.24, 2.45) is 0 Å². The number of benzene rings is 1. The van der Waals surface area contributed by atoms with Crippen molar-refractivity contribution in [2.45, 2.75) is 51.4 Å². The first kappa shape index (κ1) is 15.6. The van der Waals surface area contributed by atoms with Crippen LogP contribution in [-0.2, 0) is 4.74 Å². The van der Waals surface area contributed by atoms with Crippen LogP contribution >= 0.6 is 45.2 Å². The van der Waals surface area contributed by atoms with E-state index in [1.54, 1.807) is 0 Å². The Morgan fingerprint density at radius 1 is 1.16 bits per heavy atom. The van der Waals surface area contributed by atoms with Crippen molar-refractivity contribution < 1.29 is 14.6 Å². The van der Waals surface area contributed by atoms with Gasteiger partial charge < -0.3 is 14.6 Å². The van der Waals surface area contributed by atoms with Crippen molar-refractivity contribution in [2.75, 3.05) is 0 Å². The summed E-state index contributed by atoms with van der Waals surface area (Å²) < 4.78 is 13.3. The van der Waals surface area contributed by atoms with Crippen LogP contribution in [0.25, 0.3) is 0 Å². The lowest BCUT2D eigenvalue weighted by Gasteiger charge is -2.26. The van der Waals surface area contributed by atoms with Gasteiger partial charge in [-0.05, 0) is 77.1 Å². The number of hydrogen-bond acceptors (Lipinski definition) is 3.